The van der Waals surface area contributed by atoms with Gasteiger partial charge in [0.05, 0.1) is 23.1 Å². The topological polar surface area (TPSA) is 85.7 Å². The van der Waals surface area contributed by atoms with Gasteiger partial charge in [-0.25, -0.2) is 13.2 Å². The van der Waals surface area contributed by atoms with E-state index in [0.29, 0.717) is 23.7 Å². The van der Waals surface area contributed by atoms with E-state index in [1.807, 2.05) is 26.0 Å². The van der Waals surface area contributed by atoms with Gasteiger partial charge in [-0.15, -0.1) is 0 Å². The summed E-state index contributed by atoms with van der Waals surface area (Å²) in [5, 5.41) is 0. The lowest BCUT2D eigenvalue weighted by Crippen LogP contribution is -2.43. The number of anilines is 1. The van der Waals surface area contributed by atoms with Crippen LogP contribution in [0.5, 0.6) is 0 Å². The van der Waals surface area contributed by atoms with Crippen LogP contribution in [0.15, 0.2) is 36.4 Å². The minimum absolute atomic E-state index is 0.0568. The minimum atomic E-state index is -3.18. The first-order valence-corrected chi connectivity index (χ1v) is 13.5. The molecule has 178 valence electrons. The van der Waals surface area contributed by atoms with Crippen LogP contribution in [0.4, 0.5) is 5.69 Å². The molecule has 1 amide bonds. The normalized spacial score (nSPS) is 20.5. The molecule has 1 aliphatic heterocycles. The number of benzene rings is 1. The van der Waals surface area contributed by atoms with E-state index in [2.05, 4.69) is 4.57 Å². The second kappa shape index (κ2) is 9.71. The molecule has 4 rings (SSSR count). The highest BCUT2D eigenvalue weighted by atomic mass is 32.2. The van der Waals surface area contributed by atoms with E-state index in [0.717, 1.165) is 24.2 Å². The fraction of sp³-hybridized carbons (Fsp3) is 0.520. The molecule has 1 saturated heterocycles. The Morgan fingerprint density at radius 1 is 1.06 bits per heavy atom. The average Bonchev–Trinajstić information content (AvgIpc) is 3.31. The number of amides is 1. The number of rotatable bonds is 6. The molecule has 7 nitrogen and oxygen atoms in total. The number of esters is 1. The van der Waals surface area contributed by atoms with Crippen molar-refractivity contribution in [1.82, 2.24) is 4.57 Å². The number of carbonyl (C=O) groups excluding carboxylic acids is 2. The van der Waals surface area contributed by atoms with E-state index >= 15 is 0 Å². The third kappa shape index (κ3) is 5.16. The van der Waals surface area contributed by atoms with Crippen LogP contribution in [0.2, 0.25) is 0 Å². The predicted octanol–water partition coefficient (Wildman–Crippen LogP) is 3.99. The fourth-order valence-electron chi connectivity index (χ4n) is 5.29. The van der Waals surface area contributed by atoms with Crippen molar-refractivity contribution in [3.63, 3.8) is 0 Å². The summed E-state index contributed by atoms with van der Waals surface area (Å²) in [5.74, 6) is -0.964. The summed E-state index contributed by atoms with van der Waals surface area (Å²) < 4.78 is 31.7. The van der Waals surface area contributed by atoms with Crippen LogP contribution < -0.4 is 4.90 Å². The van der Waals surface area contributed by atoms with Crippen LogP contribution in [-0.4, -0.2) is 49.0 Å². The van der Waals surface area contributed by atoms with E-state index in [1.54, 1.807) is 24.3 Å². The van der Waals surface area contributed by atoms with Crippen molar-refractivity contribution in [2.75, 3.05) is 23.0 Å². The van der Waals surface area contributed by atoms with Gasteiger partial charge < -0.3 is 14.2 Å². The Kier molecular flexibility index (Phi) is 6.93. The first-order chi connectivity index (χ1) is 15.8. The maximum Gasteiger partial charge on any atom is 0.340 e. The van der Waals surface area contributed by atoms with E-state index in [-0.39, 0.29) is 11.5 Å². The molecule has 0 radical (unpaired) electrons. The fourth-order valence-corrected chi connectivity index (χ4v) is 6.99. The molecule has 8 heteroatoms. The number of carbonyl (C=O) groups is 2. The van der Waals surface area contributed by atoms with Crippen molar-refractivity contribution in [2.24, 2.45) is 0 Å². The maximum atomic E-state index is 13.1. The molecular formula is C25H32N2O5S. The molecule has 0 spiro atoms. The third-order valence-electron chi connectivity index (χ3n) is 6.85. The quantitative estimate of drug-likeness (QED) is 0.594. The lowest BCUT2D eigenvalue weighted by molar-refractivity contribution is -0.122. The van der Waals surface area contributed by atoms with Gasteiger partial charge in [0.2, 0.25) is 0 Å². The number of hydrogen-bond donors (Lipinski definition) is 0. The number of ether oxygens (including phenoxy) is 1. The zero-order valence-corrected chi connectivity index (χ0v) is 20.1. The number of aromatic nitrogens is 1. The lowest BCUT2D eigenvalue weighted by Gasteiger charge is -2.28. The number of para-hydroxylation sites is 1. The van der Waals surface area contributed by atoms with Gasteiger partial charge in [0, 0.05) is 23.1 Å². The summed E-state index contributed by atoms with van der Waals surface area (Å²) >= 11 is 0. The van der Waals surface area contributed by atoms with Crippen molar-refractivity contribution in [2.45, 2.75) is 64.5 Å². The number of aryl methyl sites for hydroxylation is 1. The lowest BCUT2D eigenvalue weighted by atomic mass is 9.95. The smallest absolute Gasteiger partial charge is 0.340 e. The van der Waals surface area contributed by atoms with Crippen LogP contribution in [0, 0.1) is 13.8 Å². The SMILES string of the molecule is Cc1cc(C(=O)OCC(=O)N(c2ccccc2)C2CCS(=O)(=O)C2)c(C)n1C1CCCCC1. The van der Waals surface area contributed by atoms with Crippen molar-refractivity contribution in [3.8, 4) is 0 Å². The number of sulfone groups is 1. The molecule has 1 atom stereocenters. The summed E-state index contributed by atoms with van der Waals surface area (Å²) in [6.07, 6.45) is 6.25. The molecule has 1 aromatic carbocycles. The second-order valence-electron chi connectivity index (χ2n) is 9.18. The highest BCUT2D eigenvalue weighted by Gasteiger charge is 2.36. The molecule has 1 unspecified atom stereocenters. The van der Waals surface area contributed by atoms with E-state index in [4.69, 9.17) is 4.74 Å². The minimum Gasteiger partial charge on any atom is -0.452 e. The highest BCUT2D eigenvalue weighted by Crippen LogP contribution is 2.32. The number of hydrogen-bond acceptors (Lipinski definition) is 5. The van der Waals surface area contributed by atoms with Gasteiger partial charge >= 0.3 is 5.97 Å². The van der Waals surface area contributed by atoms with Crippen LogP contribution in [0.1, 0.15) is 66.3 Å². The Morgan fingerprint density at radius 2 is 1.76 bits per heavy atom. The van der Waals surface area contributed by atoms with Gasteiger partial charge in [-0.2, -0.15) is 0 Å². The maximum absolute atomic E-state index is 13.1. The zero-order valence-electron chi connectivity index (χ0n) is 19.3. The van der Waals surface area contributed by atoms with Crippen molar-refractivity contribution in [1.29, 1.82) is 0 Å². The molecule has 2 aromatic rings. The van der Waals surface area contributed by atoms with Crippen molar-refractivity contribution in [3.05, 3.63) is 53.3 Å². The van der Waals surface area contributed by atoms with E-state index in [1.165, 1.54) is 24.2 Å². The van der Waals surface area contributed by atoms with Gasteiger partial charge in [-0.1, -0.05) is 37.5 Å². The number of nitrogens with zero attached hydrogens (tertiary/aromatic N) is 2. The standard InChI is InChI=1S/C25H32N2O5S/c1-18-15-23(19(2)26(18)20-9-5-3-6-10-20)25(29)32-16-24(28)27(21-11-7-4-8-12-21)22-13-14-33(30,31)17-22/h4,7-8,11-12,15,20,22H,3,5-6,9-10,13-14,16-17H2,1-2H3. The summed E-state index contributed by atoms with van der Waals surface area (Å²) in [6, 6.07) is 10.7. The molecule has 1 saturated carbocycles. The second-order valence-corrected chi connectivity index (χ2v) is 11.4. The third-order valence-corrected chi connectivity index (χ3v) is 8.60. The molecule has 0 N–H and O–H groups in total. The monoisotopic (exact) mass is 472 g/mol. The van der Waals surface area contributed by atoms with Gasteiger partial charge in [-0.05, 0) is 51.3 Å². The first kappa shape index (κ1) is 23.5. The Bertz CT molecular complexity index is 1120. The van der Waals surface area contributed by atoms with Gasteiger partial charge in [0.15, 0.2) is 16.4 Å². The van der Waals surface area contributed by atoms with Crippen LogP contribution >= 0.6 is 0 Å². The van der Waals surface area contributed by atoms with Gasteiger partial charge in [0.25, 0.3) is 5.91 Å². The summed E-state index contributed by atoms with van der Waals surface area (Å²) in [7, 11) is -3.18. The molecule has 2 fully saturated rings. The summed E-state index contributed by atoms with van der Waals surface area (Å²) in [6.45, 7) is 3.50. The molecule has 1 aliphatic carbocycles. The zero-order chi connectivity index (χ0) is 23.6. The Morgan fingerprint density at radius 3 is 2.39 bits per heavy atom. The first-order valence-electron chi connectivity index (χ1n) is 11.7. The van der Waals surface area contributed by atoms with Gasteiger partial charge in [-0.3, -0.25) is 4.79 Å². The average molecular weight is 473 g/mol. The van der Waals surface area contributed by atoms with Crippen LogP contribution in [0.25, 0.3) is 0 Å². The largest absolute Gasteiger partial charge is 0.452 e. The van der Waals surface area contributed by atoms with E-state index < -0.39 is 34.4 Å². The van der Waals surface area contributed by atoms with Crippen LogP contribution in [-0.2, 0) is 19.4 Å². The predicted molar refractivity (Wildman–Crippen MR) is 127 cm³/mol. The van der Waals surface area contributed by atoms with Crippen LogP contribution in [0.3, 0.4) is 0 Å². The molecule has 0 bridgehead atoms. The molecule has 2 aliphatic rings. The summed E-state index contributed by atoms with van der Waals surface area (Å²) in [5.41, 5.74) is 3.00. The Balaban J connectivity index is 1.48. The highest BCUT2D eigenvalue weighted by molar-refractivity contribution is 7.91. The van der Waals surface area contributed by atoms with E-state index in [9.17, 15) is 18.0 Å². The van der Waals surface area contributed by atoms with Crippen molar-refractivity contribution < 1.29 is 22.7 Å². The van der Waals surface area contributed by atoms with Gasteiger partial charge in [0.1, 0.15) is 0 Å². The molecular weight excluding hydrogens is 440 g/mol. The Hall–Kier alpha value is -2.61. The molecule has 2 heterocycles. The molecule has 1 aromatic heterocycles. The Labute approximate surface area is 195 Å². The van der Waals surface area contributed by atoms with Crippen molar-refractivity contribution >= 4 is 27.4 Å². The molecule has 33 heavy (non-hydrogen) atoms. The summed E-state index contributed by atoms with van der Waals surface area (Å²) in [4.78, 5) is 27.5.